The minimum absolute atomic E-state index is 0.0200. The monoisotopic (exact) mass is 289 g/mol. The molecule has 1 N–H and O–H groups in total. The number of aryl methyl sites for hydroxylation is 2. The van der Waals surface area contributed by atoms with Crippen LogP contribution in [0.1, 0.15) is 29.5 Å². The van der Waals surface area contributed by atoms with Gasteiger partial charge in [0.05, 0.1) is 25.7 Å². The molecule has 0 spiro atoms. The predicted molar refractivity (Wildman–Crippen MR) is 80.7 cm³/mol. The van der Waals surface area contributed by atoms with Crippen molar-refractivity contribution < 1.29 is 8.68 Å². The van der Waals surface area contributed by atoms with E-state index in [9.17, 15) is 4.79 Å². The molecule has 1 aliphatic rings. The van der Waals surface area contributed by atoms with Gasteiger partial charge in [0.1, 0.15) is 0 Å². The van der Waals surface area contributed by atoms with Crippen LogP contribution in [0.2, 0.25) is 0 Å². The Morgan fingerprint density at radius 3 is 2.20 bits per heavy atom. The highest BCUT2D eigenvalue weighted by molar-refractivity contribution is 7.52. The molecule has 1 aliphatic carbocycles. The molecule has 1 aromatic rings. The standard InChI is InChI=1S/C15H19N3OS/c1-10-7-12(9-16)8-11(2)13(10)17-14(19)15(5-6-15)18(3,4)20/h7-8H,5-6H2,1-4H3,(H,17,19). The van der Waals surface area contributed by atoms with E-state index in [4.69, 9.17) is 18.1 Å². The first-order valence-corrected chi connectivity index (χ1v) is 6.96. The third-order valence-corrected chi connectivity index (χ3v) is 4.43. The number of hydrogen-bond acceptors (Lipinski definition) is 3. The van der Waals surface area contributed by atoms with Gasteiger partial charge in [-0.15, -0.1) is 0 Å². The first-order chi connectivity index (χ1) is 9.21. The van der Waals surface area contributed by atoms with Crippen LogP contribution in [0, 0.1) is 25.2 Å². The number of nitrogens with zero attached hydrogens (tertiary/aromatic N) is 2. The van der Waals surface area contributed by atoms with Crippen LogP contribution in [0.3, 0.4) is 0 Å². The quantitative estimate of drug-likeness (QED) is 0.685. The average Bonchev–Trinajstić information content (AvgIpc) is 3.13. The number of anilines is 1. The number of likely N-dealkylation sites (N-methyl/N-ethyl adjacent to an activating group) is 1. The highest BCUT2D eigenvalue weighted by Crippen LogP contribution is 2.45. The SMILES string of the molecule is Cc1cc(C#N)cc(C)c1NC(=O)C1([N+](C)(C)[S-])CC1. The van der Waals surface area contributed by atoms with Crippen molar-refractivity contribution in [2.45, 2.75) is 32.2 Å². The maximum absolute atomic E-state index is 12.5. The lowest BCUT2D eigenvalue weighted by molar-refractivity contribution is -0.780. The van der Waals surface area contributed by atoms with Crippen molar-refractivity contribution in [3.8, 4) is 6.07 Å². The van der Waals surface area contributed by atoms with E-state index in [1.807, 2.05) is 27.9 Å². The molecule has 0 aliphatic heterocycles. The maximum atomic E-state index is 12.5. The lowest BCUT2D eigenvalue weighted by Gasteiger charge is -2.43. The number of nitrogens with one attached hydrogen (secondary N) is 1. The van der Waals surface area contributed by atoms with Crippen LogP contribution in [0.4, 0.5) is 5.69 Å². The molecule has 1 aromatic carbocycles. The molecule has 20 heavy (non-hydrogen) atoms. The van der Waals surface area contributed by atoms with Gasteiger partial charge in [0, 0.05) is 18.5 Å². The van der Waals surface area contributed by atoms with Gasteiger partial charge in [-0.3, -0.25) is 4.79 Å². The Labute approximate surface area is 125 Å². The van der Waals surface area contributed by atoms with E-state index in [-0.39, 0.29) is 9.80 Å². The summed E-state index contributed by atoms with van der Waals surface area (Å²) in [6.45, 7) is 3.80. The topological polar surface area (TPSA) is 52.9 Å². The van der Waals surface area contributed by atoms with E-state index in [1.54, 1.807) is 12.1 Å². The fourth-order valence-corrected chi connectivity index (χ4v) is 2.85. The van der Waals surface area contributed by atoms with Crippen LogP contribution < -0.4 is 5.32 Å². The lowest BCUT2D eigenvalue weighted by atomic mass is 10.0. The second-order valence-corrected chi connectivity index (χ2v) is 6.85. The number of amides is 1. The van der Waals surface area contributed by atoms with E-state index in [1.165, 1.54) is 0 Å². The third-order valence-electron chi connectivity index (χ3n) is 4.08. The number of hydrogen-bond donors (Lipinski definition) is 1. The minimum atomic E-state index is -0.484. The molecule has 0 atom stereocenters. The average molecular weight is 289 g/mol. The van der Waals surface area contributed by atoms with E-state index in [0.717, 1.165) is 29.7 Å². The molecule has 0 aromatic heterocycles. The van der Waals surface area contributed by atoms with Crippen LogP contribution in [0.25, 0.3) is 0 Å². The number of carbonyl (C=O) groups excluding carboxylic acids is 1. The van der Waals surface area contributed by atoms with Gasteiger partial charge >= 0.3 is 0 Å². The van der Waals surface area contributed by atoms with Gasteiger partial charge in [0.25, 0.3) is 5.91 Å². The Kier molecular flexibility index (Phi) is 3.57. The maximum Gasteiger partial charge on any atom is 0.284 e. The second-order valence-electron chi connectivity index (χ2n) is 5.93. The van der Waals surface area contributed by atoms with Crippen LogP contribution >= 0.6 is 0 Å². The van der Waals surface area contributed by atoms with Crippen LogP contribution in [0.15, 0.2) is 12.1 Å². The van der Waals surface area contributed by atoms with Crippen molar-refractivity contribution >= 4 is 24.4 Å². The summed E-state index contributed by atoms with van der Waals surface area (Å²) in [4.78, 5) is 12.5. The Hall–Kier alpha value is -1.51. The Bertz CT molecular complexity index is 584. The summed E-state index contributed by atoms with van der Waals surface area (Å²) >= 11 is 5.41. The van der Waals surface area contributed by atoms with Gasteiger partial charge < -0.3 is 22.0 Å². The Morgan fingerprint density at radius 2 is 1.85 bits per heavy atom. The highest BCUT2D eigenvalue weighted by Gasteiger charge is 2.58. The number of carbonyl (C=O) groups is 1. The second kappa shape index (κ2) is 4.80. The smallest absolute Gasteiger partial charge is 0.284 e. The van der Waals surface area contributed by atoms with Gasteiger partial charge in [-0.25, -0.2) is 0 Å². The molecule has 4 nitrogen and oxygen atoms in total. The molecule has 1 fully saturated rings. The summed E-state index contributed by atoms with van der Waals surface area (Å²) in [5.74, 6) is -0.0200. The van der Waals surface area contributed by atoms with Crippen molar-refractivity contribution in [2.75, 3.05) is 19.4 Å². The number of nitriles is 1. The lowest BCUT2D eigenvalue weighted by Crippen LogP contribution is -2.53. The molecule has 2 rings (SSSR count). The highest BCUT2D eigenvalue weighted by atomic mass is 32.1. The van der Waals surface area contributed by atoms with Gasteiger partial charge in [0.2, 0.25) is 0 Å². The first-order valence-electron chi connectivity index (χ1n) is 6.59. The Morgan fingerprint density at radius 1 is 1.35 bits per heavy atom. The van der Waals surface area contributed by atoms with Gasteiger partial charge in [-0.05, 0) is 37.1 Å². The fourth-order valence-electron chi connectivity index (χ4n) is 2.58. The number of rotatable bonds is 3. The van der Waals surface area contributed by atoms with E-state index >= 15 is 0 Å². The molecular formula is C15H19N3OS. The Balaban J connectivity index is 2.28. The normalized spacial score (nSPS) is 16.4. The van der Waals surface area contributed by atoms with Crippen LogP contribution in [-0.2, 0) is 17.6 Å². The predicted octanol–water partition coefficient (Wildman–Crippen LogP) is 2.18. The van der Waals surface area contributed by atoms with Gasteiger partial charge in [0.15, 0.2) is 5.54 Å². The van der Waals surface area contributed by atoms with Crippen molar-refractivity contribution in [1.29, 1.82) is 5.26 Å². The van der Waals surface area contributed by atoms with Crippen molar-refractivity contribution in [3.05, 3.63) is 28.8 Å². The molecule has 1 saturated carbocycles. The molecule has 1 amide bonds. The minimum Gasteiger partial charge on any atom is -0.494 e. The zero-order chi connectivity index (χ0) is 15.1. The van der Waals surface area contributed by atoms with Crippen LogP contribution in [-0.4, -0.2) is 29.4 Å². The molecule has 0 radical (unpaired) electrons. The first kappa shape index (κ1) is 14.9. The molecule has 0 unspecified atom stereocenters. The zero-order valence-corrected chi connectivity index (χ0v) is 13.1. The molecular weight excluding hydrogens is 270 g/mol. The summed E-state index contributed by atoms with van der Waals surface area (Å²) in [6, 6.07) is 5.70. The van der Waals surface area contributed by atoms with Crippen LogP contribution in [0.5, 0.6) is 0 Å². The van der Waals surface area contributed by atoms with Crippen molar-refractivity contribution in [3.63, 3.8) is 0 Å². The molecule has 0 saturated heterocycles. The van der Waals surface area contributed by atoms with Crippen molar-refractivity contribution in [2.24, 2.45) is 0 Å². The summed E-state index contributed by atoms with van der Waals surface area (Å²) in [5.41, 5.74) is 2.73. The van der Waals surface area contributed by atoms with Crippen molar-refractivity contribution in [1.82, 2.24) is 0 Å². The summed E-state index contributed by atoms with van der Waals surface area (Å²) in [6.07, 6.45) is 1.65. The number of benzene rings is 1. The van der Waals surface area contributed by atoms with Gasteiger partial charge in [-0.2, -0.15) is 5.26 Å². The summed E-state index contributed by atoms with van der Waals surface area (Å²) in [5, 5.41) is 12.0. The largest absolute Gasteiger partial charge is 0.494 e. The molecule has 0 heterocycles. The van der Waals surface area contributed by atoms with E-state index in [0.29, 0.717) is 5.56 Å². The fraction of sp³-hybridized carbons (Fsp3) is 0.467. The number of quaternary nitrogens is 1. The van der Waals surface area contributed by atoms with E-state index < -0.39 is 5.54 Å². The van der Waals surface area contributed by atoms with Gasteiger partial charge in [-0.1, -0.05) is 0 Å². The third kappa shape index (κ3) is 2.41. The summed E-state index contributed by atoms with van der Waals surface area (Å²) in [7, 11) is 3.75. The summed E-state index contributed by atoms with van der Waals surface area (Å²) < 4.78 is 0.229. The zero-order valence-electron chi connectivity index (χ0n) is 12.3. The molecule has 106 valence electrons. The molecule has 5 heteroatoms. The molecule has 0 bridgehead atoms. The van der Waals surface area contributed by atoms with E-state index in [2.05, 4.69) is 11.4 Å².